The van der Waals surface area contributed by atoms with Crippen molar-refractivity contribution in [3.05, 3.63) is 65.7 Å². The number of ketones is 1. The number of ether oxygens (including phenoxy) is 1. The minimum absolute atomic E-state index is 0.0982. The number of Topliss-reactive ketones (excluding diaryl/α,β-unsaturated/α-hetero) is 1. The molecule has 1 unspecified atom stereocenters. The van der Waals surface area contributed by atoms with Crippen LogP contribution in [-0.4, -0.2) is 55.3 Å². The normalized spacial score (nSPS) is 17.4. The van der Waals surface area contributed by atoms with Gasteiger partial charge >= 0.3 is 0 Å². The number of carbonyl (C=O) groups is 2. The van der Waals surface area contributed by atoms with Crippen LogP contribution in [0.3, 0.4) is 0 Å². The van der Waals surface area contributed by atoms with Gasteiger partial charge in [0, 0.05) is 38.0 Å². The molecule has 0 aliphatic carbocycles. The molecule has 1 fully saturated rings. The average molecular weight is 380 g/mol. The first-order valence-corrected chi connectivity index (χ1v) is 9.78. The number of methoxy groups -OCH3 is 1. The molecule has 5 heteroatoms. The molecular formula is C23H28N2O3. The summed E-state index contributed by atoms with van der Waals surface area (Å²) in [6.07, 6.45) is 1.40. The van der Waals surface area contributed by atoms with Crippen molar-refractivity contribution in [1.82, 2.24) is 9.80 Å². The average Bonchev–Trinajstić information content (AvgIpc) is 2.74. The van der Waals surface area contributed by atoms with Gasteiger partial charge in [-0.15, -0.1) is 0 Å². The Morgan fingerprint density at radius 1 is 1.04 bits per heavy atom. The predicted octanol–water partition coefficient (Wildman–Crippen LogP) is 3.56. The van der Waals surface area contributed by atoms with E-state index in [-0.39, 0.29) is 17.7 Å². The molecule has 2 aromatic rings. The number of benzene rings is 2. The van der Waals surface area contributed by atoms with Crippen LogP contribution >= 0.6 is 0 Å². The van der Waals surface area contributed by atoms with E-state index in [1.807, 2.05) is 53.4 Å². The fourth-order valence-electron chi connectivity index (χ4n) is 3.64. The molecule has 3 rings (SSSR count). The van der Waals surface area contributed by atoms with E-state index in [9.17, 15) is 9.59 Å². The van der Waals surface area contributed by atoms with Crippen molar-refractivity contribution in [2.45, 2.75) is 25.3 Å². The summed E-state index contributed by atoms with van der Waals surface area (Å²) >= 11 is 0. The van der Waals surface area contributed by atoms with E-state index in [2.05, 4.69) is 18.0 Å². The summed E-state index contributed by atoms with van der Waals surface area (Å²) in [5, 5.41) is 0. The third kappa shape index (κ3) is 4.98. The van der Waals surface area contributed by atoms with E-state index in [0.717, 1.165) is 24.4 Å². The molecule has 0 radical (unpaired) electrons. The summed E-state index contributed by atoms with van der Waals surface area (Å²) in [5.74, 6) is 1.05. The van der Waals surface area contributed by atoms with Gasteiger partial charge in [0.1, 0.15) is 5.75 Å². The van der Waals surface area contributed by atoms with Gasteiger partial charge in [-0.2, -0.15) is 0 Å². The van der Waals surface area contributed by atoms with E-state index in [4.69, 9.17) is 4.74 Å². The lowest BCUT2D eigenvalue weighted by atomic mass is 10.0. The zero-order chi connectivity index (χ0) is 19.9. The van der Waals surface area contributed by atoms with E-state index < -0.39 is 0 Å². The summed E-state index contributed by atoms with van der Waals surface area (Å²) in [6, 6.07) is 17.4. The van der Waals surface area contributed by atoms with Crippen LogP contribution in [0.5, 0.6) is 5.75 Å². The van der Waals surface area contributed by atoms with Crippen molar-refractivity contribution in [2.75, 3.05) is 33.8 Å². The van der Waals surface area contributed by atoms with Gasteiger partial charge < -0.3 is 9.64 Å². The van der Waals surface area contributed by atoms with Gasteiger partial charge in [-0.3, -0.25) is 14.5 Å². The molecule has 28 heavy (non-hydrogen) atoms. The van der Waals surface area contributed by atoms with Gasteiger partial charge in [0.2, 0.25) is 5.91 Å². The molecule has 0 N–H and O–H groups in total. The molecule has 1 heterocycles. The molecule has 5 nitrogen and oxygen atoms in total. The SMILES string of the molecule is COc1cccc(C2CN(C(=O)CCCC(=O)c3ccccc3)CCN2C)c1. The number of carbonyl (C=O) groups excluding carboxylic acids is 2. The Bertz CT molecular complexity index is 807. The molecule has 1 amide bonds. The maximum atomic E-state index is 12.7. The molecule has 148 valence electrons. The standard InChI is InChI=1S/C23H28N2O3/c1-24-14-15-25(17-21(24)19-10-6-11-20(16-19)28-2)23(27)13-7-12-22(26)18-8-4-3-5-9-18/h3-6,8-11,16,21H,7,12-15,17H2,1-2H3. The summed E-state index contributed by atoms with van der Waals surface area (Å²) in [4.78, 5) is 29.1. The van der Waals surface area contributed by atoms with Crippen LogP contribution < -0.4 is 4.74 Å². The first-order valence-electron chi connectivity index (χ1n) is 9.78. The Labute approximate surface area is 166 Å². The Balaban J connectivity index is 1.54. The third-order valence-corrected chi connectivity index (χ3v) is 5.37. The zero-order valence-corrected chi connectivity index (χ0v) is 16.6. The number of nitrogens with zero attached hydrogens (tertiary/aromatic N) is 2. The number of piperazine rings is 1. The molecule has 0 saturated carbocycles. The second-order valence-electron chi connectivity index (χ2n) is 7.26. The molecule has 1 aliphatic heterocycles. The Kier molecular flexibility index (Phi) is 6.82. The van der Waals surface area contributed by atoms with Crippen LogP contribution in [-0.2, 0) is 4.79 Å². The largest absolute Gasteiger partial charge is 0.497 e. The Morgan fingerprint density at radius 2 is 1.82 bits per heavy atom. The Hall–Kier alpha value is -2.66. The number of hydrogen-bond donors (Lipinski definition) is 0. The highest BCUT2D eigenvalue weighted by atomic mass is 16.5. The van der Waals surface area contributed by atoms with Crippen molar-refractivity contribution >= 4 is 11.7 Å². The van der Waals surface area contributed by atoms with E-state index in [1.165, 1.54) is 0 Å². The fourth-order valence-corrected chi connectivity index (χ4v) is 3.64. The molecule has 0 spiro atoms. The highest BCUT2D eigenvalue weighted by molar-refractivity contribution is 5.96. The highest BCUT2D eigenvalue weighted by Crippen LogP contribution is 2.27. The van der Waals surface area contributed by atoms with Gasteiger partial charge in [-0.05, 0) is 31.2 Å². The van der Waals surface area contributed by atoms with Crippen LogP contribution in [0.4, 0.5) is 0 Å². The summed E-state index contributed by atoms with van der Waals surface area (Å²) in [7, 11) is 3.75. The molecular weight excluding hydrogens is 352 g/mol. The van der Waals surface area contributed by atoms with Crippen molar-refractivity contribution < 1.29 is 14.3 Å². The number of amides is 1. The van der Waals surface area contributed by atoms with Gasteiger partial charge in [0.25, 0.3) is 0 Å². The van der Waals surface area contributed by atoms with Crippen molar-refractivity contribution in [2.24, 2.45) is 0 Å². The van der Waals surface area contributed by atoms with E-state index >= 15 is 0 Å². The van der Waals surface area contributed by atoms with E-state index in [1.54, 1.807) is 7.11 Å². The van der Waals surface area contributed by atoms with Crippen LogP contribution in [0.15, 0.2) is 54.6 Å². The van der Waals surface area contributed by atoms with Crippen molar-refractivity contribution in [1.29, 1.82) is 0 Å². The fraction of sp³-hybridized carbons (Fsp3) is 0.391. The minimum atomic E-state index is 0.0982. The van der Waals surface area contributed by atoms with Crippen molar-refractivity contribution in [3.63, 3.8) is 0 Å². The molecule has 1 saturated heterocycles. The topological polar surface area (TPSA) is 49.9 Å². The molecule has 1 atom stereocenters. The first-order chi connectivity index (χ1) is 13.6. The monoisotopic (exact) mass is 380 g/mol. The highest BCUT2D eigenvalue weighted by Gasteiger charge is 2.28. The molecule has 0 bridgehead atoms. The summed E-state index contributed by atoms with van der Waals surface area (Å²) in [6.45, 7) is 2.22. The quantitative estimate of drug-likeness (QED) is 0.689. The lowest BCUT2D eigenvalue weighted by Gasteiger charge is -2.40. The molecule has 0 aromatic heterocycles. The second kappa shape index (κ2) is 9.51. The van der Waals surface area contributed by atoms with Crippen molar-refractivity contribution in [3.8, 4) is 5.75 Å². The third-order valence-electron chi connectivity index (χ3n) is 5.37. The van der Waals surface area contributed by atoms with E-state index in [0.29, 0.717) is 31.4 Å². The summed E-state index contributed by atoms with van der Waals surface area (Å²) in [5.41, 5.74) is 1.87. The maximum Gasteiger partial charge on any atom is 0.222 e. The predicted molar refractivity (Wildman–Crippen MR) is 110 cm³/mol. The number of likely N-dealkylation sites (N-methyl/N-ethyl adjacent to an activating group) is 1. The van der Waals surface area contributed by atoms with Gasteiger partial charge in [-0.1, -0.05) is 42.5 Å². The lowest BCUT2D eigenvalue weighted by Crippen LogP contribution is -2.48. The Morgan fingerprint density at radius 3 is 2.57 bits per heavy atom. The van der Waals surface area contributed by atoms with Crippen LogP contribution in [0.2, 0.25) is 0 Å². The smallest absolute Gasteiger partial charge is 0.222 e. The lowest BCUT2D eigenvalue weighted by molar-refractivity contribution is -0.134. The second-order valence-corrected chi connectivity index (χ2v) is 7.26. The zero-order valence-electron chi connectivity index (χ0n) is 16.6. The molecule has 1 aliphatic rings. The first kappa shape index (κ1) is 20.1. The minimum Gasteiger partial charge on any atom is -0.497 e. The van der Waals surface area contributed by atoms with Gasteiger partial charge in [-0.25, -0.2) is 0 Å². The summed E-state index contributed by atoms with van der Waals surface area (Å²) < 4.78 is 5.34. The van der Waals surface area contributed by atoms with Crippen LogP contribution in [0.1, 0.15) is 41.2 Å². The van der Waals surface area contributed by atoms with Crippen LogP contribution in [0, 0.1) is 0 Å². The maximum absolute atomic E-state index is 12.7. The number of rotatable bonds is 7. The number of hydrogen-bond acceptors (Lipinski definition) is 4. The van der Waals surface area contributed by atoms with Gasteiger partial charge in [0.15, 0.2) is 5.78 Å². The molecule has 2 aromatic carbocycles. The van der Waals surface area contributed by atoms with Gasteiger partial charge in [0.05, 0.1) is 13.2 Å². The van der Waals surface area contributed by atoms with Crippen LogP contribution in [0.25, 0.3) is 0 Å².